The Labute approximate surface area is 101 Å². The first-order chi connectivity index (χ1) is 8.36. The van der Waals surface area contributed by atoms with Crippen molar-refractivity contribution in [1.82, 2.24) is 15.1 Å². The minimum Gasteiger partial charge on any atom is -0.316 e. The monoisotopic (exact) mass is 227 g/mol. The molecule has 2 aromatic rings. The van der Waals surface area contributed by atoms with Crippen LogP contribution in [0.4, 0.5) is 0 Å². The van der Waals surface area contributed by atoms with Gasteiger partial charge in [-0.3, -0.25) is 4.68 Å². The molecule has 1 fully saturated rings. The minimum absolute atomic E-state index is 0.595. The molecular formula is C14H17N3. The molecule has 1 aliphatic heterocycles. The average molecular weight is 227 g/mol. The van der Waals surface area contributed by atoms with Gasteiger partial charge in [-0.1, -0.05) is 30.3 Å². The van der Waals surface area contributed by atoms with E-state index < -0.39 is 0 Å². The fourth-order valence-corrected chi connectivity index (χ4v) is 2.66. The van der Waals surface area contributed by atoms with E-state index in [1.165, 1.54) is 23.2 Å². The summed E-state index contributed by atoms with van der Waals surface area (Å²) in [5.41, 5.74) is 3.91. The molecule has 1 unspecified atom stereocenters. The third kappa shape index (κ3) is 1.87. The van der Waals surface area contributed by atoms with Gasteiger partial charge in [0.1, 0.15) is 0 Å². The lowest BCUT2D eigenvalue weighted by molar-refractivity contribution is 0.638. The number of hydrogen-bond donors (Lipinski definition) is 1. The van der Waals surface area contributed by atoms with Crippen LogP contribution in [-0.4, -0.2) is 22.9 Å². The second-order valence-electron chi connectivity index (χ2n) is 4.62. The molecule has 3 nitrogen and oxygen atoms in total. The summed E-state index contributed by atoms with van der Waals surface area (Å²) in [6.07, 6.45) is 3.20. The second-order valence-corrected chi connectivity index (χ2v) is 4.62. The lowest BCUT2D eigenvalue weighted by atomic mass is 9.97. The van der Waals surface area contributed by atoms with Crippen molar-refractivity contribution in [2.75, 3.05) is 13.1 Å². The van der Waals surface area contributed by atoms with Crippen molar-refractivity contribution >= 4 is 0 Å². The molecule has 0 amide bonds. The van der Waals surface area contributed by atoms with Gasteiger partial charge in [0.2, 0.25) is 0 Å². The van der Waals surface area contributed by atoms with Crippen LogP contribution < -0.4 is 5.32 Å². The molecule has 1 saturated heterocycles. The lowest BCUT2D eigenvalue weighted by Gasteiger charge is -2.12. The zero-order chi connectivity index (χ0) is 11.7. The van der Waals surface area contributed by atoms with Crippen molar-refractivity contribution < 1.29 is 0 Å². The first-order valence-electron chi connectivity index (χ1n) is 6.14. The van der Waals surface area contributed by atoms with Crippen molar-refractivity contribution in [2.24, 2.45) is 7.05 Å². The fraction of sp³-hybridized carbons (Fsp3) is 0.357. The predicted molar refractivity (Wildman–Crippen MR) is 68.9 cm³/mol. The van der Waals surface area contributed by atoms with Gasteiger partial charge in [0.25, 0.3) is 0 Å². The molecule has 3 rings (SSSR count). The summed E-state index contributed by atoms with van der Waals surface area (Å²) in [4.78, 5) is 0. The van der Waals surface area contributed by atoms with E-state index in [9.17, 15) is 0 Å². The highest BCUT2D eigenvalue weighted by atomic mass is 15.3. The number of benzene rings is 1. The molecule has 2 heterocycles. The van der Waals surface area contributed by atoms with Gasteiger partial charge in [0.15, 0.2) is 0 Å². The highest BCUT2D eigenvalue weighted by Gasteiger charge is 2.23. The maximum Gasteiger partial charge on any atom is 0.0571 e. The Morgan fingerprint density at radius 2 is 2.12 bits per heavy atom. The summed E-state index contributed by atoms with van der Waals surface area (Å²) in [6.45, 7) is 2.18. The maximum atomic E-state index is 4.43. The number of nitrogens with one attached hydrogen (secondary N) is 1. The molecule has 1 aromatic heterocycles. The van der Waals surface area contributed by atoms with Crippen molar-refractivity contribution in [1.29, 1.82) is 0 Å². The molecule has 0 aliphatic carbocycles. The van der Waals surface area contributed by atoms with Crippen LogP contribution in [-0.2, 0) is 7.05 Å². The summed E-state index contributed by atoms with van der Waals surface area (Å²) in [6, 6.07) is 10.5. The van der Waals surface area contributed by atoms with E-state index in [1.807, 2.05) is 17.9 Å². The van der Waals surface area contributed by atoms with Gasteiger partial charge < -0.3 is 5.32 Å². The molecule has 1 N–H and O–H groups in total. The molecule has 88 valence electrons. The zero-order valence-corrected chi connectivity index (χ0v) is 10.1. The smallest absolute Gasteiger partial charge is 0.0571 e. The van der Waals surface area contributed by atoms with Crippen LogP contribution in [0.3, 0.4) is 0 Å². The van der Waals surface area contributed by atoms with E-state index in [0.29, 0.717) is 5.92 Å². The van der Waals surface area contributed by atoms with Crippen LogP contribution in [0.2, 0.25) is 0 Å². The van der Waals surface area contributed by atoms with E-state index in [4.69, 9.17) is 0 Å². The zero-order valence-electron chi connectivity index (χ0n) is 10.1. The summed E-state index contributed by atoms with van der Waals surface area (Å²) in [7, 11) is 2.04. The number of hydrogen-bond acceptors (Lipinski definition) is 2. The Morgan fingerprint density at radius 1 is 1.29 bits per heavy atom. The Morgan fingerprint density at radius 3 is 2.82 bits per heavy atom. The quantitative estimate of drug-likeness (QED) is 0.852. The third-order valence-corrected chi connectivity index (χ3v) is 3.52. The summed E-state index contributed by atoms with van der Waals surface area (Å²) in [5.74, 6) is 0.595. The molecule has 17 heavy (non-hydrogen) atoms. The normalized spacial score (nSPS) is 19.7. The SMILES string of the molecule is Cn1ncc(-c2ccccc2)c1C1CCNC1. The molecule has 1 atom stereocenters. The van der Waals surface area contributed by atoms with E-state index >= 15 is 0 Å². The predicted octanol–water partition coefficient (Wildman–Crippen LogP) is 2.16. The highest BCUT2D eigenvalue weighted by molar-refractivity contribution is 5.66. The summed E-state index contributed by atoms with van der Waals surface area (Å²) in [5, 5.41) is 7.85. The number of aryl methyl sites for hydroxylation is 1. The highest BCUT2D eigenvalue weighted by Crippen LogP contribution is 2.31. The van der Waals surface area contributed by atoms with E-state index in [-0.39, 0.29) is 0 Å². The van der Waals surface area contributed by atoms with E-state index in [1.54, 1.807) is 0 Å². The van der Waals surface area contributed by atoms with Gasteiger partial charge >= 0.3 is 0 Å². The molecule has 3 heteroatoms. The molecule has 0 radical (unpaired) electrons. The largest absolute Gasteiger partial charge is 0.316 e. The summed E-state index contributed by atoms with van der Waals surface area (Å²) >= 11 is 0. The Balaban J connectivity index is 2.06. The molecule has 1 aromatic carbocycles. The number of rotatable bonds is 2. The standard InChI is InChI=1S/C14H17N3/c1-17-14(12-7-8-15-9-12)13(10-16-17)11-5-3-2-4-6-11/h2-6,10,12,15H,7-9H2,1H3. The number of aromatic nitrogens is 2. The van der Waals surface area contributed by atoms with Gasteiger partial charge in [0, 0.05) is 25.1 Å². The van der Waals surface area contributed by atoms with Crippen molar-refractivity contribution in [2.45, 2.75) is 12.3 Å². The fourth-order valence-electron chi connectivity index (χ4n) is 2.66. The Bertz CT molecular complexity index is 495. The Hall–Kier alpha value is -1.61. The average Bonchev–Trinajstić information content (AvgIpc) is 2.99. The van der Waals surface area contributed by atoms with Crippen LogP contribution in [0, 0.1) is 0 Å². The van der Waals surface area contributed by atoms with Crippen molar-refractivity contribution in [3.05, 3.63) is 42.2 Å². The van der Waals surface area contributed by atoms with Gasteiger partial charge in [-0.2, -0.15) is 5.10 Å². The van der Waals surface area contributed by atoms with Crippen LogP contribution >= 0.6 is 0 Å². The van der Waals surface area contributed by atoms with Crippen LogP contribution in [0.15, 0.2) is 36.5 Å². The second kappa shape index (κ2) is 4.34. The Kier molecular flexibility index (Phi) is 2.69. The minimum atomic E-state index is 0.595. The van der Waals surface area contributed by atoms with Gasteiger partial charge in [-0.25, -0.2) is 0 Å². The topological polar surface area (TPSA) is 29.9 Å². The van der Waals surface area contributed by atoms with Crippen molar-refractivity contribution in [3.8, 4) is 11.1 Å². The van der Waals surface area contributed by atoms with E-state index in [0.717, 1.165) is 13.1 Å². The van der Waals surface area contributed by atoms with Crippen LogP contribution in [0.5, 0.6) is 0 Å². The third-order valence-electron chi connectivity index (χ3n) is 3.52. The van der Waals surface area contributed by atoms with Crippen molar-refractivity contribution in [3.63, 3.8) is 0 Å². The molecule has 0 spiro atoms. The van der Waals surface area contributed by atoms with Crippen LogP contribution in [0.25, 0.3) is 11.1 Å². The molecular weight excluding hydrogens is 210 g/mol. The summed E-state index contributed by atoms with van der Waals surface area (Å²) < 4.78 is 2.03. The maximum absolute atomic E-state index is 4.43. The molecule has 0 saturated carbocycles. The number of nitrogens with zero attached hydrogens (tertiary/aromatic N) is 2. The molecule has 0 bridgehead atoms. The molecule has 1 aliphatic rings. The lowest BCUT2D eigenvalue weighted by Crippen LogP contribution is -2.11. The van der Waals surface area contributed by atoms with E-state index in [2.05, 4.69) is 40.7 Å². The first kappa shape index (κ1) is 10.5. The van der Waals surface area contributed by atoms with Crippen LogP contribution in [0.1, 0.15) is 18.0 Å². The van der Waals surface area contributed by atoms with Gasteiger partial charge in [-0.15, -0.1) is 0 Å². The van der Waals surface area contributed by atoms with Gasteiger partial charge in [0.05, 0.1) is 11.9 Å². The van der Waals surface area contributed by atoms with Gasteiger partial charge in [-0.05, 0) is 18.5 Å². The first-order valence-corrected chi connectivity index (χ1v) is 6.14.